The molecule has 0 radical (unpaired) electrons. The molecule has 0 unspecified atom stereocenters. The van der Waals surface area contributed by atoms with Crippen LogP contribution in [0.4, 0.5) is 34.6 Å². The molecule has 0 saturated heterocycles. The van der Waals surface area contributed by atoms with Gasteiger partial charge in [0, 0.05) is 50.1 Å². The lowest BCUT2D eigenvalue weighted by atomic mass is 10.1. The molecule has 0 atom stereocenters. The number of hydrogen-bond acceptors (Lipinski definition) is 6. The van der Waals surface area contributed by atoms with E-state index in [0.717, 1.165) is 12.1 Å². The summed E-state index contributed by atoms with van der Waals surface area (Å²) in [5.74, 6) is -0.790. The van der Waals surface area contributed by atoms with Gasteiger partial charge < -0.3 is 4.98 Å². The van der Waals surface area contributed by atoms with Crippen molar-refractivity contribution < 1.29 is 34.6 Å². The Morgan fingerprint density at radius 3 is 1.17 bits per heavy atom. The van der Waals surface area contributed by atoms with Crippen LogP contribution in [-0.4, -0.2) is 62.1 Å². The van der Waals surface area contributed by atoms with Gasteiger partial charge >= 0.3 is 11.0 Å². The molecule has 8 bridgehead atoms. The number of aromatic nitrogens is 8. The van der Waals surface area contributed by atoms with Gasteiger partial charge in [0.25, 0.3) is 0 Å². The fraction of sp³-hybridized carbons (Fsp3) is 0.111. The molecule has 2 aliphatic heterocycles. The average Bonchev–Trinajstić information content (AvgIpc) is 3.86. The topological polar surface area (TPSA) is 98.1 Å². The Morgan fingerprint density at radius 2 is 0.830 bits per heavy atom. The van der Waals surface area contributed by atoms with E-state index in [1.54, 1.807) is 60.7 Å². The first-order valence-electron chi connectivity index (χ1n) is 15.8. The first-order chi connectivity index (χ1) is 25.1. The lowest BCUT2D eigenvalue weighted by molar-refractivity contribution is -0.103. The molecule has 5 heterocycles. The van der Waals surface area contributed by atoms with Gasteiger partial charge in [0.2, 0.25) is 0 Å². The number of rotatable bonds is 2. The number of H-pyrrole nitrogens is 1. The van der Waals surface area contributed by atoms with Crippen LogP contribution in [0.1, 0.15) is 0 Å². The molecule has 7 aromatic rings. The maximum Gasteiger partial charge on any atom is 0.459 e. The number of hydrogen-bond donors (Lipinski definition) is 1. The monoisotopic (exact) mass is 750 g/mol. The van der Waals surface area contributed by atoms with Gasteiger partial charge in [-0.25, -0.2) is 38.3 Å². The summed E-state index contributed by atoms with van der Waals surface area (Å²) in [4.78, 5) is 30.2. The number of halogens is 8. The maximum absolute atomic E-state index is 18.0. The minimum atomic E-state index is -9.80. The van der Waals surface area contributed by atoms with Gasteiger partial charge in [-0.15, -0.1) is 0 Å². The zero-order chi connectivity index (χ0) is 37.2. The van der Waals surface area contributed by atoms with E-state index in [1.807, 2.05) is 0 Å². The fourth-order valence-electron chi connectivity index (χ4n) is 6.71. The average molecular weight is 751 g/mol. The van der Waals surface area contributed by atoms with Crippen LogP contribution in [-0.2, 0) is 0 Å². The molecule has 0 fully saturated rings. The Morgan fingerprint density at radius 1 is 0.509 bits per heavy atom. The number of fused-ring (bicyclic) bond motifs is 20. The van der Waals surface area contributed by atoms with Gasteiger partial charge in [-0.1, -0.05) is 97.1 Å². The normalized spacial score (nSPS) is 14.5. The van der Waals surface area contributed by atoms with Gasteiger partial charge in [-0.05, 0) is 0 Å². The van der Waals surface area contributed by atoms with Crippen LogP contribution in [0, 0.1) is 0 Å². The molecular weight excluding hydrogens is 729 g/mol. The van der Waals surface area contributed by atoms with Crippen molar-refractivity contribution in [1.82, 2.24) is 38.9 Å². The minimum Gasteiger partial charge on any atom is -0.324 e. The smallest absolute Gasteiger partial charge is 0.324 e. The van der Waals surface area contributed by atoms with Crippen LogP contribution in [0.3, 0.4) is 0 Å². The molecule has 0 aliphatic carbocycles. The van der Waals surface area contributed by atoms with E-state index in [9.17, 15) is 0 Å². The Kier molecular flexibility index (Phi) is 6.28. The van der Waals surface area contributed by atoms with Crippen molar-refractivity contribution in [3.8, 4) is 45.6 Å². The molecule has 9 rings (SSSR count). The predicted molar refractivity (Wildman–Crippen MR) is 188 cm³/mol. The summed E-state index contributed by atoms with van der Waals surface area (Å²) in [6.07, 6.45) is -0.738. The number of nitrogens with zero attached hydrogens (tertiary/aromatic N) is 7. The molecule has 3 aromatic heterocycles. The summed E-state index contributed by atoms with van der Waals surface area (Å²) in [6, 6.07) is 21.1. The highest BCUT2D eigenvalue weighted by atomic mass is 32.4. The molecule has 2 aliphatic rings. The lowest BCUT2D eigenvalue weighted by Crippen LogP contribution is -2.60. The highest BCUT2D eigenvalue weighted by molar-refractivity contribution is 8.60. The van der Waals surface area contributed by atoms with Crippen LogP contribution in [0.2, 0.25) is 0 Å². The van der Waals surface area contributed by atoms with Crippen molar-refractivity contribution in [2.75, 3.05) is 12.3 Å². The van der Waals surface area contributed by atoms with E-state index in [1.165, 1.54) is 24.3 Å². The summed E-state index contributed by atoms with van der Waals surface area (Å²) in [7, 11) is -9.80. The van der Waals surface area contributed by atoms with Crippen LogP contribution < -0.4 is 0 Å². The Bertz CT molecular complexity index is 2730. The van der Waals surface area contributed by atoms with E-state index in [2.05, 4.69) is 24.9 Å². The molecule has 0 spiro atoms. The highest BCUT2D eigenvalue weighted by Gasteiger charge is 2.92. The first kappa shape index (κ1) is 32.9. The van der Waals surface area contributed by atoms with E-state index in [4.69, 9.17) is 9.97 Å². The van der Waals surface area contributed by atoms with E-state index in [-0.39, 0.29) is 44.8 Å². The lowest BCUT2D eigenvalue weighted by Gasteiger charge is -2.67. The summed E-state index contributed by atoms with van der Waals surface area (Å²) in [5.41, 5.74) is -14.6. The number of benzene rings is 4. The molecule has 0 saturated carbocycles. The Labute approximate surface area is 292 Å². The molecule has 268 valence electrons. The number of alkyl halides is 7. The van der Waals surface area contributed by atoms with Gasteiger partial charge in [-0.2, -0.15) is 30.2 Å². The summed E-state index contributed by atoms with van der Waals surface area (Å²) >= 11 is 0. The largest absolute Gasteiger partial charge is 0.459 e. The fourth-order valence-corrected chi connectivity index (χ4v) is 9.07. The van der Waals surface area contributed by atoms with Crippen molar-refractivity contribution in [2.24, 2.45) is 0 Å². The second kappa shape index (κ2) is 10.1. The second-order valence-electron chi connectivity index (χ2n) is 13.0. The molecule has 8 nitrogen and oxygen atoms in total. The second-order valence-corrected chi connectivity index (χ2v) is 18.6. The third-order valence-corrected chi connectivity index (χ3v) is 14.7. The van der Waals surface area contributed by atoms with Crippen LogP contribution in [0.15, 0.2) is 97.1 Å². The van der Waals surface area contributed by atoms with Crippen molar-refractivity contribution in [3.63, 3.8) is 0 Å². The maximum atomic E-state index is 18.0. The predicted octanol–water partition coefficient (Wildman–Crippen LogP) is 10.5. The van der Waals surface area contributed by atoms with Gasteiger partial charge in [0.05, 0.1) is 8.87 Å². The zero-order valence-electron chi connectivity index (χ0n) is 27.0. The van der Waals surface area contributed by atoms with Crippen molar-refractivity contribution in [1.29, 1.82) is 0 Å². The van der Waals surface area contributed by atoms with Crippen molar-refractivity contribution >= 4 is 53.0 Å². The first-order valence-corrected chi connectivity index (χ1v) is 18.7. The van der Waals surface area contributed by atoms with Crippen LogP contribution in [0.25, 0.3) is 89.7 Å². The molecule has 4 aromatic carbocycles. The standard InChI is InChI=1S/C36H22F8N8S/c1-53(44,18-37,35(38,39)40,36(41,42)43)52-33-25-16-8-9-17-26(25)34(52)51-32-24-15-7-5-13-22(24)30(49-32)47-28-20-11-3-2-10-19(20)27(45-28)46-29-21-12-4-6-14-23(21)31(48-29)50-33/h2-17H,18H2,1H3,(H,45,46,47,48,49,50,51). The minimum absolute atomic E-state index is 0.00327. The number of nitrogens with one attached hydrogen (secondary N) is 1. The quantitative estimate of drug-likeness (QED) is 0.177. The third kappa shape index (κ3) is 3.91. The van der Waals surface area contributed by atoms with E-state index < -0.39 is 59.1 Å². The van der Waals surface area contributed by atoms with Gasteiger partial charge in [0.1, 0.15) is 11.3 Å². The third-order valence-electron chi connectivity index (χ3n) is 9.84. The van der Waals surface area contributed by atoms with E-state index >= 15 is 34.6 Å². The van der Waals surface area contributed by atoms with Crippen molar-refractivity contribution in [3.05, 3.63) is 97.1 Å². The molecule has 53 heavy (non-hydrogen) atoms. The Hall–Kier alpha value is -5.97. The Balaban J connectivity index is 1.63. The molecule has 17 heteroatoms. The SMILES string of the molecule is CS(F)(CF)(n1c2nc3nc(nc4[nH]c(nc5nc(nc1c1ccccc12)-c1ccccc1-5)c1ccccc41)-c1ccccc1-3)(C(F)(F)F)C(F)(F)F. The van der Waals surface area contributed by atoms with Gasteiger partial charge in [0.15, 0.2) is 40.6 Å². The zero-order valence-corrected chi connectivity index (χ0v) is 27.8. The van der Waals surface area contributed by atoms with Gasteiger partial charge in [-0.3, -0.25) is 0 Å². The number of aromatic amines is 1. The van der Waals surface area contributed by atoms with E-state index in [0.29, 0.717) is 21.9 Å². The van der Waals surface area contributed by atoms with Crippen LogP contribution >= 0.6 is 8.87 Å². The molecule has 0 amide bonds. The summed E-state index contributed by atoms with van der Waals surface area (Å²) in [6.45, 7) is 0. The summed E-state index contributed by atoms with van der Waals surface area (Å²) in [5, 5.41) is 0.471. The molecule has 1 N–H and O–H groups in total. The highest BCUT2D eigenvalue weighted by Crippen LogP contribution is 3.03. The van der Waals surface area contributed by atoms with Crippen LogP contribution in [0.5, 0.6) is 0 Å². The van der Waals surface area contributed by atoms with Crippen molar-refractivity contribution in [2.45, 2.75) is 11.0 Å². The summed E-state index contributed by atoms with van der Waals surface area (Å²) < 4.78 is 126. The molecular formula is C36H22F8N8S.